The van der Waals surface area contributed by atoms with Crippen LogP contribution in [0.4, 0.5) is 20.2 Å². The van der Waals surface area contributed by atoms with E-state index >= 15 is 0 Å². The minimum atomic E-state index is -0.780. The second kappa shape index (κ2) is 9.01. The van der Waals surface area contributed by atoms with Crippen molar-refractivity contribution in [3.8, 4) is 5.75 Å². The van der Waals surface area contributed by atoms with E-state index in [0.717, 1.165) is 36.7 Å². The van der Waals surface area contributed by atoms with Gasteiger partial charge in [-0.1, -0.05) is 18.2 Å². The largest absolute Gasteiger partial charge is 0.492 e. The Morgan fingerprint density at radius 1 is 1.07 bits per heavy atom. The summed E-state index contributed by atoms with van der Waals surface area (Å²) in [7, 11) is 0. The van der Waals surface area contributed by atoms with Crippen LogP contribution in [0.5, 0.6) is 5.75 Å². The van der Waals surface area contributed by atoms with Crippen LogP contribution in [0.25, 0.3) is 0 Å². The van der Waals surface area contributed by atoms with Gasteiger partial charge in [-0.3, -0.25) is 9.69 Å². The number of piperazine rings is 1. The smallest absolute Gasteiger partial charge is 0.241 e. The lowest BCUT2D eigenvalue weighted by molar-refractivity contribution is -0.120. The van der Waals surface area contributed by atoms with Gasteiger partial charge in [-0.05, 0) is 38.1 Å². The van der Waals surface area contributed by atoms with Crippen molar-refractivity contribution in [2.24, 2.45) is 0 Å². The van der Waals surface area contributed by atoms with Crippen molar-refractivity contribution in [3.05, 3.63) is 54.1 Å². The third-order valence-corrected chi connectivity index (χ3v) is 4.96. The summed E-state index contributed by atoms with van der Waals surface area (Å²) in [5, 5.41) is 2.38. The third-order valence-electron chi connectivity index (χ3n) is 4.96. The van der Waals surface area contributed by atoms with Crippen molar-refractivity contribution in [1.29, 1.82) is 0 Å². The topological polar surface area (TPSA) is 44.8 Å². The quantitative estimate of drug-likeness (QED) is 0.821. The van der Waals surface area contributed by atoms with Gasteiger partial charge in [0.25, 0.3) is 0 Å². The molecule has 1 fully saturated rings. The molecule has 1 N–H and O–H groups in total. The van der Waals surface area contributed by atoms with E-state index < -0.39 is 29.3 Å². The first-order valence-corrected chi connectivity index (χ1v) is 9.47. The van der Waals surface area contributed by atoms with E-state index in [4.69, 9.17) is 4.74 Å². The maximum absolute atomic E-state index is 13.8. The van der Waals surface area contributed by atoms with E-state index in [0.29, 0.717) is 19.7 Å². The van der Waals surface area contributed by atoms with Gasteiger partial charge in [0, 0.05) is 26.2 Å². The standard InChI is InChI=1S/C21H25F2N3O2/c1-3-28-19-10-5-4-9-18(19)26-13-11-25(12-14-26)15(2)21(27)24-20-16(22)7-6-8-17(20)23/h4-10,15H,3,11-14H2,1-2H3,(H,24,27)/t15-/m0/s1. The summed E-state index contributed by atoms with van der Waals surface area (Å²) in [6.07, 6.45) is 0. The Kier molecular flexibility index (Phi) is 6.46. The molecule has 0 spiro atoms. The van der Waals surface area contributed by atoms with Crippen molar-refractivity contribution in [1.82, 2.24) is 4.90 Å². The molecule has 0 radical (unpaired) electrons. The number of benzene rings is 2. The monoisotopic (exact) mass is 389 g/mol. The van der Waals surface area contributed by atoms with Crippen LogP contribution in [0.3, 0.4) is 0 Å². The van der Waals surface area contributed by atoms with Crippen LogP contribution >= 0.6 is 0 Å². The highest BCUT2D eigenvalue weighted by Gasteiger charge is 2.27. The van der Waals surface area contributed by atoms with Gasteiger partial charge in [0.1, 0.15) is 23.1 Å². The number of amides is 1. The van der Waals surface area contributed by atoms with E-state index in [1.54, 1.807) is 6.92 Å². The zero-order valence-corrected chi connectivity index (χ0v) is 16.1. The molecular formula is C21H25F2N3O2. The molecule has 1 amide bonds. The molecule has 7 heteroatoms. The fourth-order valence-corrected chi connectivity index (χ4v) is 3.36. The van der Waals surface area contributed by atoms with Crippen LogP contribution in [0.15, 0.2) is 42.5 Å². The molecule has 28 heavy (non-hydrogen) atoms. The Labute approximate surface area is 163 Å². The molecule has 0 aliphatic carbocycles. The molecule has 3 rings (SSSR count). The maximum atomic E-state index is 13.8. The average molecular weight is 389 g/mol. The summed E-state index contributed by atoms with van der Waals surface area (Å²) < 4.78 is 33.2. The minimum absolute atomic E-state index is 0.399. The number of carbonyl (C=O) groups excluding carboxylic acids is 1. The molecule has 0 saturated carbocycles. The SMILES string of the molecule is CCOc1ccccc1N1CCN([C@@H](C)C(=O)Nc2c(F)cccc2F)CC1. The Balaban J connectivity index is 1.61. The summed E-state index contributed by atoms with van der Waals surface area (Å²) >= 11 is 0. The van der Waals surface area contributed by atoms with Crippen molar-refractivity contribution in [2.75, 3.05) is 43.0 Å². The first kappa shape index (κ1) is 20.1. The Hall–Kier alpha value is -2.67. The first-order valence-electron chi connectivity index (χ1n) is 9.47. The van der Waals surface area contributed by atoms with E-state index in [9.17, 15) is 13.6 Å². The van der Waals surface area contributed by atoms with Crippen LogP contribution in [-0.4, -0.2) is 49.6 Å². The number of para-hydroxylation sites is 3. The molecule has 1 aliphatic heterocycles. The molecule has 1 atom stereocenters. The third kappa shape index (κ3) is 4.42. The Morgan fingerprint density at radius 2 is 1.71 bits per heavy atom. The van der Waals surface area contributed by atoms with Gasteiger partial charge in [-0.15, -0.1) is 0 Å². The van der Waals surface area contributed by atoms with Crippen molar-refractivity contribution in [2.45, 2.75) is 19.9 Å². The summed E-state index contributed by atoms with van der Waals surface area (Å²) in [5.74, 6) is -1.14. The first-order chi connectivity index (χ1) is 13.5. The van der Waals surface area contributed by atoms with Gasteiger partial charge in [-0.2, -0.15) is 0 Å². The molecule has 2 aromatic carbocycles. The second-order valence-electron chi connectivity index (χ2n) is 6.69. The Bertz CT molecular complexity index is 803. The lowest BCUT2D eigenvalue weighted by atomic mass is 10.1. The number of halogens is 2. The number of nitrogens with zero attached hydrogens (tertiary/aromatic N) is 2. The number of hydrogen-bond acceptors (Lipinski definition) is 4. The van der Waals surface area contributed by atoms with Crippen molar-refractivity contribution in [3.63, 3.8) is 0 Å². The van der Waals surface area contributed by atoms with Crippen LogP contribution in [0, 0.1) is 11.6 Å². The summed E-state index contributed by atoms with van der Waals surface area (Å²) in [4.78, 5) is 16.7. The van der Waals surface area contributed by atoms with Gasteiger partial charge >= 0.3 is 0 Å². The summed E-state index contributed by atoms with van der Waals surface area (Å²) in [6, 6.07) is 10.9. The van der Waals surface area contributed by atoms with E-state index in [-0.39, 0.29) is 0 Å². The van der Waals surface area contributed by atoms with Crippen LogP contribution in [0.2, 0.25) is 0 Å². The molecule has 1 aliphatic rings. The van der Waals surface area contributed by atoms with Gasteiger partial charge in [0.2, 0.25) is 5.91 Å². The van der Waals surface area contributed by atoms with E-state index in [1.807, 2.05) is 36.1 Å². The number of ether oxygens (including phenoxy) is 1. The summed E-state index contributed by atoms with van der Waals surface area (Å²) in [5.41, 5.74) is 0.637. The minimum Gasteiger partial charge on any atom is -0.492 e. The fourth-order valence-electron chi connectivity index (χ4n) is 3.36. The van der Waals surface area contributed by atoms with Gasteiger partial charge in [-0.25, -0.2) is 8.78 Å². The number of carbonyl (C=O) groups is 1. The Morgan fingerprint density at radius 3 is 2.36 bits per heavy atom. The number of nitrogens with one attached hydrogen (secondary N) is 1. The van der Waals surface area contributed by atoms with Crippen LogP contribution in [0.1, 0.15) is 13.8 Å². The number of hydrogen-bond donors (Lipinski definition) is 1. The molecule has 0 bridgehead atoms. The lowest BCUT2D eigenvalue weighted by Crippen LogP contribution is -2.53. The molecule has 0 aromatic heterocycles. The van der Waals surface area contributed by atoms with E-state index in [2.05, 4.69) is 10.2 Å². The molecule has 5 nitrogen and oxygen atoms in total. The van der Waals surface area contributed by atoms with Crippen molar-refractivity contribution >= 4 is 17.3 Å². The highest BCUT2D eigenvalue weighted by atomic mass is 19.1. The number of rotatable bonds is 6. The van der Waals surface area contributed by atoms with Crippen LogP contribution < -0.4 is 15.0 Å². The average Bonchev–Trinajstić information content (AvgIpc) is 2.71. The zero-order chi connectivity index (χ0) is 20.1. The molecule has 1 saturated heterocycles. The maximum Gasteiger partial charge on any atom is 0.241 e. The van der Waals surface area contributed by atoms with Crippen LogP contribution in [-0.2, 0) is 4.79 Å². The van der Waals surface area contributed by atoms with E-state index in [1.165, 1.54) is 6.07 Å². The molecule has 1 heterocycles. The van der Waals surface area contributed by atoms with Gasteiger partial charge in [0.15, 0.2) is 0 Å². The highest BCUT2D eigenvalue weighted by molar-refractivity contribution is 5.94. The highest BCUT2D eigenvalue weighted by Crippen LogP contribution is 2.29. The second-order valence-corrected chi connectivity index (χ2v) is 6.69. The van der Waals surface area contributed by atoms with Crippen molar-refractivity contribution < 1.29 is 18.3 Å². The molecule has 150 valence electrons. The molecular weight excluding hydrogens is 364 g/mol. The number of anilines is 2. The fraction of sp³-hybridized carbons (Fsp3) is 0.381. The normalized spacial score (nSPS) is 15.9. The summed E-state index contributed by atoms with van der Waals surface area (Å²) in [6.45, 7) is 7.08. The molecule has 0 unspecified atom stereocenters. The van der Waals surface area contributed by atoms with Gasteiger partial charge in [0.05, 0.1) is 18.3 Å². The predicted molar refractivity (Wildman–Crippen MR) is 106 cm³/mol. The lowest BCUT2D eigenvalue weighted by Gasteiger charge is -2.39. The van der Waals surface area contributed by atoms with Gasteiger partial charge < -0.3 is 15.0 Å². The predicted octanol–water partition coefficient (Wildman–Crippen LogP) is 3.51. The zero-order valence-electron chi connectivity index (χ0n) is 16.1. The molecule has 2 aromatic rings.